The van der Waals surface area contributed by atoms with Gasteiger partial charge < -0.3 is 19.2 Å². The number of carbonyl (C=O) groups is 1. The minimum Gasteiger partial charge on any atom is -0.497 e. The Labute approximate surface area is 175 Å². The molecule has 11 heteroatoms. The van der Waals surface area contributed by atoms with Crippen molar-refractivity contribution in [3.8, 4) is 23.0 Å². The number of nitro groups is 1. The van der Waals surface area contributed by atoms with E-state index in [-0.39, 0.29) is 28.5 Å². The lowest BCUT2D eigenvalue weighted by Gasteiger charge is -2.07. The molecule has 0 bridgehead atoms. The molecule has 1 aromatic heterocycles. The Morgan fingerprint density at radius 3 is 2.70 bits per heavy atom. The number of hydrogen-bond donors (Lipinski definition) is 1. The predicted octanol–water partition coefficient (Wildman–Crippen LogP) is 3.70. The summed E-state index contributed by atoms with van der Waals surface area (Å²) in [7, 11) is 3.07. The lowest BCUT2D eigenvalue weighted by molar-refractivity contribution is -0.384. The summed E-state index contributed by atoms with van der Waals surface area (Å²) >= 11 is 1.05. The number of nitrogens with zero attached hydrogens (tertiary/aromatic N) is 3. The fourth-order valence-corrected chi connectivity index (χ4v) is 3.09. The average molecular weight is 430 g/mol. The van der Waals surface area contributed by atoms with Crippen LogP contribution in [0.15, 0.2) is 46.0 Å². The number of aryl methyl sites for hydroxylation is 1. The maximum atomic E-state index is 12.2. The van der Waals surface area contributed by atoms with Gasteiger partial charge in [0.15, 0.2) is 0 Å². The fourth-order valence-electron chi connectivity index (χ4n) is 2.52. The van der Waals surface area contributed by atoms with Gasteiger partial charge in [0.25, 0.3) is 16.8 Å². The quantitative estimate of drug-likeness (QED) is 0.323. The van der Waals surface area contributed by atoms with Crippen molar-refractivity contribution in [3.05, 3.63) is 52.1 Å². The number of benzene rings is 2. The maximum Gasteiger partial charge on any atom is 0.277 e. The van der Waals surface area contributed by atoms with Crippen LogP contribution in [-0.2, 0) is 4.79 Å². The minimum atomic E-state index is -0.517. The zero-order valence-corrected chi connectivity index (χ0v) is 17.2. The van der Waals surface area contributed by atoms with Gasteiger partial charge in [0.2, 0.25) is 5.91 Å². The molecule has 10 nitrogen and oxygen atoms in total. The third-order valence-corrected chi connectivity index (χ3v) is 4.90. The van der Waals surface area contributed by atoms with Crippen LogP contribution in [-0.4, -0.2) is 41.0 Å². The summed E-state index contributed by atoms with van der Waals surface area (Å²) in [6.45, 7) is 1.75. The number of ether oxygens (including phenoxy) is 2. The van der Waals surface area contributed by atoms with Crippen LogP contribution in [0.1, 0.15) is 5.56 Å². The molecule has 0 aliphatic heterocycles. The Hall–Kier alpha value is -3.60. The summed E-state index contributed by atoms with van der Waals surface area (Å²) in [6, 6.07) is 9.45. The Bertz CT molecular complexity index is 1080. The first-order chi connectivity index (χ1) is 14.4. The second-order valence-electron chi connectivity index (χ2n) is 6.03. The van der Waals surface area contributed by atoms with Crippen LogP contribution < -0.4 is 14.8 Å². The number of non-ortho nitro benzene ring substituents is 1. The van der Waals surface area contributed by atoms with E-state index in [4.69, 9.17) is 13.9 Å². The monoisotopic (exact) mass is 430 g/mol. The number of nitro benzene ring substituents is 1. The van der Waals surface area contributed by atoms with Crippen molar-refractivity contribution in [2.24, 2.45) is 0 Å². The summed E-state index contributed by atoms with van der Waals surface area (Å²) in [6.07, 6.45) is 0. The molecule has 0 aliphatic carbocycles. The van der Waals surface area contributed by atoms with E-state index in [1.165, 1.54) is 19.2 Å². The van der Waals surface area contributed by atoms with Crippen molar-refractivity contribution in [2.45, 2.75) is 12.1 Å². The van der Waals surface area contributed by atoms with Crippen molar-refractivity contribution in [1.29, 1.82) is 0 Å². The normalized spacial score (nSPS) is 10.5. The fraction of sp³-hybridized carbons (Fsp3) is 0.211. The first-order valence-corrected chi connectivity index (χ1v) is 9.63. The molecule has 3 aromatic rings. The molecule has 2 aromatic carbocycles. The number of methoxy groups -OCH3 is 2. The molecule has 1 heterocycles. The molecular formula is C19H18N4O6S. The lowest BCUT2D eigenvalue weighted by Crippen LogP contribution is -2.15. The van der Waals surface area contributed by atoms with Gasteiger partial charge in [-0.1, -0.05) is 17.8 Å². The highest BCUT2D eigenvalue weighted by molar-refractivity contribution is 7.99. The van der Waals surface area contributed by atoms with Gasteiger partial charge in [0.1, 0.15) is 11.5 Å². The number of aromatic nitrogens is 2. The highest BCUT2D eigenvalue weighted by Crippen LogP contribution is 2.33. The Morgan fingerprint density at radius 1 is 1.20 bits per heavy atom. The van der Waals surface area contributed by atoms with Gasteiger partial charge in [-0.25, -0.2) is 0 Å². The van der Waals surface area contributed by atoms with Crippen LogP contribution in [0.4, 0.5) is 11.4 Å². The van der Waals surface area contributed by atoms with Crippen molar-refractivity contribution < 1.29 is 23.6 Å². The molecule has 0 radical (unpaired) electrons. The van der Waals surface area contributed by atoms with E-state index < -0.39 is 4.92 Å². The number of nitrogens with one attached hydrogen (secondary N) is 1. The van der Waals surface area contributed by atoms with Crippen LogP contribution in [0.2, 0.25) is 0 Å². The molecule has 0 saturated heterocycles. The van der Waals surface area contributed by atoms with Crippen molar-refractivity contribution in [2.75, 3.05) is 25.3 Å². The van der Waals surface area contributed by atoms with Crippen LogP contribution in [0, 0.1) is 17.0 Å². The van der Waals surface area contributed by atoms with E-state index in [1.54, 1.807) is 38.3 Å². The van der Waals surface area contributed by atoms with E-state index >= 15 is 0 Å². The highest BCUT2D eigenvalue weighted by atomic mass is 32.2. The van der Waals surface area contributed by atoms with E-state index in [9.17, 15) is 14.9 Å². The first kappa shape index (κ1) is 21.1. The molecule has 0 unspecified atom stereocenters. The van der Waals surface area contributed by atoms with Crippen LogP contribution in [0.5, 0.6) is 11.5 Å². The van der Waals surface area contributed by atoms with Gasteiger partial charge in [-0.3, -0.25) is 14.9 Å². The topological polar surface area (TPSA) is 130 Å². The number of carbonyl (C=O) groups excluding carboxylic acids is 1. The van der Waals surface area contributed by atoms with Crippen molar-refractivity contribution >= 4 is 29.0 Å². The molecular weight excluding hydrogens is 412 g/mol. The SMILES string of the molecule is COc1ccc(-c2nnc(SCC(=O)Nc3cc([N+](=O)[O-])ccc3C)o2)c(OC)c1. The largest absolute Gasteiger partial charge is 0.497 e. The zero-order valence-electron chi connectivity index (χ0n) is 16.4. The summed E-state index contributed by atoms with van der Waals surface area (Å²) in [5.41, 5.74) is 1.59. The molecule has 1 amide bonds. The van der Waals surface area contributed by atoms with Crippen molar-refractivity contribution in [3.63, 3.8) is 0 Å². The number of thioether (sulfide) groups is 1. The first-order valence-electron chi connectivity index (χ1n) is 8.65. The van der Waals surface area contributed by atoms with Gasteiger partial charge in [-0.15, -0.1) is 10.2 Å². The van der Waals surface area contributed by atoms with Gasteiger partial charge in [0, 0.05) is 18.2 Å². The highest BCUT2D eigenvalue weighted by Gasteiger charge is 2.16. The van der Waals surface area contributed by atoms with Gasteiger partial charge in [0.05, 0.1) is 36.1 Å². The third kappa shape index (κ3) is 4.87. The number of hydrogen-bond acceptors (Lipinski definition) is 9. The van der Waals surface area contributed by atoms with E-state index in [1.807, 2.05) is 0 Å². The van der Waals surface area contributed by atoms with Gasteiger partial charge in [-0.2, -0.15) is 0 Å². The van der Waals surface area contributed by atoms with Gasteiger partial charge >= 0.3 is 0 Å². The number of rotatable bonds is 8. The Kier molecular flexibility index (Phi) is 6.52. The maximum absolute atomic E-state index is 12.2. The summed E-state index contributed by atoms with van der Waals surface area (Å²) < 4.78 is 16.1. The molecule has 1 N–H and O–H groups in total. The van der Waals surface area contributed by atoms with E-state index in [2.05, 4.69) is 15.5 Å². The Morgan fingerprint density at radius 2 is 2.00 bits per heavy atom. The lowest BCUT2D eigenvalue weighted by atomic mass is 10.2. The standard InChI is InChI=1S/C19H18N4O6S/c1-11-4-5-12(23(25)26)8-15(11)20-17(24)10-30-19-22-21-18(29-19)14-7-6-13(27-2)9-16(14)28-3/h4-9H,10H2,1-3H3,(H,20,24). The molecule has 0 atom stereocenters. The minimum absolute atomic E-state index is 0.0104. The zero-order chi connectivity index (χ0) is 21.7. The molecule has 3 rings (SSSR count). The smallest absolute Gasteiger partial charge is 0.277 e. The van der Waals surface area contributed by atoms with Crippen LogP contribution in [0.25, 0.3) is 11.5 Å². The number of amides is 1. The molecule has 0 fully saturated rings. The van der Waals surface area contributed by atoms with Crippen LogP contribution in [0.3, 0.4) is 0 Å². The molecule has 0 saturated carbocycles. The summed E-state index contributed by atoms with van der Waals surface area (Å²) in [4.78, 5) is 22.6. The van der Waals surface area contributed by atoms with E-state index in [0.29, 0.717) is 28.3 Å². The van der Waals surface area contributed by atoms with Gasteiger partial charge in [-0.05, 0) is 24.6 Å². The molecule has 0 spiro atoms. The van der Waals surface area contributed by atoms with Crippen LogP contribution >= 0.6 is 11.8 Å². The molecule has 30 heavy (non-hydrogen) atoms. The van der Waals surface area contributed by atoms with Crippen molar-refractivity contribution in [1.82, 2.24) is 10.2 Å². The van der Waals surface area contributed by atoms with E-state index in [0.717, 1.165) is 11.8 Å². The number of anilines is 1. The third-order valence-electron chi connectivity index (χ3n) is 4.08. The predicted molar refractivity (Wildman–Crippen MR) is 110 cm³/mol. The Balaban J connectivity index is 1.65. The summed E-state index contributed by atoms with van der Waals surface area (Å²) in [5, 5.41) is 21.7. The average Bonchev–Trinajstić information content (AvgIpc) is 3.22. The second kappa shape index (κ2) is 9.27. The summed E-state index contributed by atoms with van der Waals surface area (Å²) in [5.74, 6) is 1.01. The molecule has 156 valence electrons. The molecule has 0 aliphatic rings. The second-order valence-corrected chi connectivity index (χ2v) is 6.96.